The van der Waals surface area contributed by atoms with Crippen LogP contribution in [0.5, 0.6) is 0 Å². The molecule has 0 aliphatic carbocycles. The molecule has 9 nitrogen and oxygen atoms in total. The summed E-state index contributed by atoms with van der Waals surface area (Å²) < 4.78 is 30.4. The van der Waals surface area contributed by atoms with E-state index in [9.17, 15) is 9.59 Å². The third kappa shape index (κ3) is 6.19. The maximum absolute atomic E-state index is 12.1. The lowest BCUT2D eigenvalue weighted by molar-refractivity contribution is -0.349. The fraction of sp³-hybridized carbons (Fsp3) is 0.440. The van der Waals surface area contributed by atoms with Gasteiger partial charge >= 0.3 is 5.97 Å². The minimum absolute atomic E-state index is 0.0507. The third-order valence-corrected chi connectivity index (χ3v) is 5.66. The largest absolute Gasteiger partial charge is 0.481 e. The summed E-state index contributed by atoms with van der Waals surface area (Å²) in [6, 6.07) is 18.3. The Hall–Kier alpha value is -2.82. The number of hydrogen-bond donors (Lipinski definition) is 2. The van der Waals surface area contributed by atoms with Crippen LogP contribution in [0.2, 0.25) is 0 Å². The fourth-order valence-electron chi connectivity index (χ4n) is 4.11. The summed E-state index contributed by atoms with van der Waals surface area (Å²) in [6.07, 6.45) is -3.52. The summed E-state index contributed by atoms with van der Waals surface area (Å²) in [6.45, 7) is 1.83. The zero-order valence-electron chi connectivity index (χ0n) is 18.9. The van der Waals surface area contributed by atoms with E-state index in [1.54, 1.807) is 0 Å². The fourth-order valence-corrected chi connectivity index (χ4v) is 4.11. The van der Waals surface area contributed by atoms with Gasteiger partial charge < -0.3 is 34.1 Å². The molecule has 2 N–H and O–H groups in total. The van der Waals surface area contributed by atoms with Crippen LogP contribution in [0, 0.1) is 0 Å². The van der Waals surface area contributed by atoms with Crippen LogP contribution in [0.4, 0.5) is 0 Å². The van der Waals surface area contributed by atoms with Gasteiger partial charge in [0.05, 0.1) is 26.2 Å². The first kappa shape index (κ1) is 24.3. The number of carboxylic acids is 1. The predicted octanol–water partition coefficient (Wildman–Crippen LogP) is 2.41. The van der Waals surface area contributed by atoms with E-state index in [2.05, 4.69) is 5.32 Å². The van der Waals surface area contributed by atoms with Crippen molar-refractivity contribution in [3.8, 4) is 0 Å². The number of aliphatic carboxylic acids is 1. The number of fused-ring (bicyclic) bond motifs is 1. The van der Waals surface area contributed by atoms with Gasteiger partial charge in [-0.3, -0.25) is 9.59 Å². The molecule has 0 radical (unpaired) electrons. The third-order valence-electron chi connectivity index (χ3n) is 5.66. The lowest BCUT2D eigenvalue weighted by atomic mass is 9.95. The zero-order valence-corrected chi connectivity index (χ0v) is 18.9. The van der Waals surface area contributed by atoms with Crippen LogP contribution in [0.15, 0.2) is 60.7 Å². The molecule has 1 amide bonds. The van der Waals surface area contributed by atoms with E-state index in [1.165, 1.54) is 6.92 Å². The Balaban J connectivity index is 1.55. The quantitative estimate of drug-likeness (QED) is 0.573. The standard InChI is InChI=1S/C25H29NO8/c1-16(27)26-21-23(30-13-12-20(28)29)22-19(15-32-24(34-22)18-10-6-3-7-11-18)33-25(21)31-14-17-8-4-2-5-9-17/h2-11,19,21-25H,12-15H2,1H3,(H,26,27)(H,28,29)/t19-,21-,22-,23+,24?,25+/m1/s1. The van der Waals surface area contributed by atoms with Gasteiger partial charge in [-0.05, 0) is 5.56 Å². The summed E-state index contributed by atoms with van der Waals surface area (Å²) >= 11 is 0. The number of ether oxygens (including phenoxy) is 5. The lowest BCUT2D eigenvalue weighted by Crippen LogP contribution is -2.67. The zero-order chi connectivity index (χ0) is 23.9. The van der Waals surface area contributed by atoms with Crippen LogP contribution in [-0.4, -0.2) is 60.8 Å². The van der Waals surface area contributed by atoms with Gasteiger partial charge in [-0.25, -0.2) is 0 Å². The van der Waals surface area contributed by atoms with Crippen molar-refractivity contribution < 1.29 is 38.4 Å². The van der Waals surface area contributed by atoms with E-state index < -0.39 is 42.9 Å². The Morgan fingerprint density at radius 1 is 1.03 bits per heavy atom. The summed E-state index contributed by atoms with van der Waals surface area (Å²) in [5.41, 5.74) is 1.78. The summed E-state index contributed by atoms with van der Waals surface area (Å²) in [5.74, 6) is -1.27. The van der Waals surface area contributed by atoms with Gasteiger partial charge in [0.2, 0.25) is 5.91 Å². The number of nitrogens with one attached hydrogen (secondary N) is 1. The van der Waals surface area contributed by atoms with Crippen molar-refractivity contribution in [2.24, 2.45) is 0 Å². The summed E-state index contributed by atoms with van der Waals surface area (Å²) in [5, 5.41) is 12.0. The molecule has 4 rings (SSSR count). The van der Waals surface area contributed by atoms with E-state index in [-0.39, 0.29) is 32.1 Å². The maximum Gasteiger partial charge on any atom is 0.305 e. The molecule has 2 aliphatic heterocycles. The Morgan fingerprint density at radius 2 is 1.74 bits per heavy atom. The highest BCUT2D eigenvalue weighted by Gasteiger charge is 2.51. The second-order valence-corrected chi connectivity index (χ2v) is 8.22. The van der Waals surface area contributed by atoms with Gasteiger partial charge in [0, 0.05) is 12.5 Å². The molecule has 1 unspecified atom stereocenters. The molecule has 2 heterocycles. The van der Waals surface area contributed by atoms with Crippen molar-refractivity contribution in [1.29, 1.82) is 0 Å². The highest BCUT2D eigenvalue weighted by atomic mass is 16.7. The molecule has 0 aromatic heterocycles. The number of carbonyl (C=O) groups excluding carboxylic acids is 1. The van der Waals surface area contributed by atoms with E-state index in [4.69, 9.17) is 28.8 Å². The molecule has 0 spiro atoms. The van der Waals surface area contributed by atoms with Gasteiger partial charge in [0.1, 0.15) is 24.4 Å². The van der Waals surface area contributed by atoms with E-state index >= 15 is 0 Å². The van der Waals surface area contributed by atoms with E-state index in [0.29, 0.717) is 0 Å². The highest BCUT2D eigenvalue weighted by Crippen LogP contribution is 2.36. The average Bonchev–Trinajstić information content (AvgIpc) is 2.84. The SMILES string of the molecule is CC(=O)N[C@H]1[C@@H](OCc2ccccc2)O[C@@H]2COC(c3ccccc3)O[C@H]2[C@H]1OCCC(=O)O. The molecule has 0 saturated carbocycles. The smallest absolute Gasteiger partial charge is 0.305 e. The van der Waals surface area contributed by atoms with Gasteiger partial charge in [-0.1, -0.05) is 60.7 Å². The van der Waals surface area contributed by atoms with Crippen molar-refractivity contribution in [3.05, 3.63) is 71.8 Å². The number of hydrogen-bond acceptors (Lipinski definition) is 7. The molecular formula is C25H29NO8. The minimum Gasteiger partial charge on any atom is -0.481 e. The van der Waals surface area contributed by atoms with E-state index in [0.717, 1.165) is 11.1 Å². The minimum atomic E-state index is -0.980. The lowest BCUT2D eigenvalue weighted by Gasteiger charge is -2.49. The Bertz CT molecular complexity index is 940. The van der Waals surface area contributed by atoms with Crippen molar-refractivity contribution in [2.75, 3.05) is 13.2 Å². The second-order valence-electron chi connectivity index (χ2n) is 8.22. The van der Waals surface area contributed by atoms with Crippen molar-refractivity contribution in [2.45, 2.75) is 56.9 Å². The first-order chi connectivity index (χ1) is 16.5. The van der Waals surface area contributed by atoms with Crippen LogP contribution in [0.1, 0.15) is 30.8 Å². The monoisotopic (exact) mass is 471 g/mol. The van der Waals surface area contributed by atoms with Crippen LogP contribution >= 0.6 is 0 Å². The molecule has 2 aliphatic rings. The van der Waals surface area contributed by atoms with Gasteiger partial charge in [0.25, 0.3) is 0 Å². The highest BCUT2D eigenvalue weighted by molar-refractivity contribution is 5.73. The van der Waals surface area contributed by atoms with Crippen LogP contribution in [0.3, 0.4) is 0 Å². The Labute approximate surface area is 197 Å². The molecular weight excluding hydrogens is 442 g/mol. The van der Waals surface area contributed by atoms with Crippen LogP contribution < -0.4 is 5.32 Å². The average molecular weight is 472 g/mol. The number of carbonyl (C=O) groups is 2. The van der Waals surface area contributed by atoms with E-state index in [1.807, 2.05) is 60.7 Å². The Morgan fingerprint density at radius 3 is 2.41 bits per heavy atom. The normalized spacial score (nSPS) is 28.6. The molecule has 9 heteroatoms. The molecule has 2 saturated heterocycles. The van der Waals surface area contributed by atoms with Crippen molar-refractivity contribution in [1.82, 2.24) is 5.32 Å². The van der Waals surface area contributed by atoms with Gasteiger partial charge in [0.15, 0.2) is 12.6 Å². The molecule has 0 bridgehead atoms. The van der Waals surface area contributed by atoms with Crippen molar-refractivity contribution >= 4 is 11.9 Å². The summed E-state index contributed by atoms with van der Waals surface area (Å²) in [7, 11) is 0. The molecule has 2 aromatic carbocycles. The predicted molar refractivity (Wildman–Crippen MR) is 119 cm³/mol. The second kappa shape index (κ2) is 11.5. The maximum atomic E-state index is 12.1. The molecule has 182 valence electrons. The number of amides is 1. The Kier molecular flexibility index (Phi) is 8.25. The molecule has 34 heavy (non-hydrogen) atoms. The van der Waals surface area contributed by atoms with Crippen LogP contribution in [0.25, 0.3) is 0 Å². The number of benzene rings is 2. The first-order valence-corrected chi connectivity index (χ1v) is 11.2. The molecule has 2 aromatic rings. The molecule has 2 fully saturated rings. The van der Waals surface area contributed by atoms with Gasteiger partial charge in [-0.2, -0.15) is 0 Å². The first-order valence-electron chi connectivity index (χ1n) is 11.2. The van der Waals surface area contributed by atoms with Crippen LogP contribution in [-0.2, 0) is 39.9 Å². The summed E-state index contributed by atoms with van der Waals surface area (Å²) in [4.78, 5) is 23.2. The van der Waals surface area contributed by atoms with Gasteiger partial charge in [-0.15, -0.1) is 0 Å². The molecule has 6 atom stereocenters. The number of carboxylic acid groups (broad SMARTS) is 1. The number of rotatable bonds is 9. The van der Waals surface area contributed by atoms with Crippen molar-refractivity contribution in [3.63, 3.8) is 0 Å². The topological polar surface area (TPSA) is 113 Å².